The first kappa shape index (κ1) is 17.6. The molecule has 31 heavy (non-hydrogen) atoms. The molecule has 0 atom stereocenters. The molecule has 6 aromatic rings. The summed E-state index contributed by atoms with van der Waals surface area (Å²) >= 11 is 6.42. The van der Waals surface area contributed by atoms with Crippen molar-refractivity contribution in [2.75, 3.05) is 5.32 Å². The molecule has 152 valence electrons. The van der Waals surface area contributed by atoms with Gasteiger partial charge in [-0.3, -0.25) is 20.1 Å². The van der Waals surface area contributed by atoms with Crippen molar-refractivity contribution >= 4 is 56.1 Å². The molecule has 10 nitrogen and oxygen atoms in total. The van der Waals surface area contributed by atoms with Gasteiger partial charge in [0.05, 0.1) is 27.6 Å². The molecule has 4 aromatic heterocycles. The topological polar surface area (TPSA) is 141 Å². The second-order valence-corrected chi connectivity index (χ2v) is 7.19. The van der Waals surface area contributed by atoms with E-state index in [1.54, 1.807) is 18.2 Å². The SMILES string of the molecule is O=c1[nH][nH]c2cc(Cl)c(-c3nc(Nc4n[nH]c5ccc(F)cc45)c4cnoc4n3)cc12. The number of nitrogens with one attached hydrogen (secondary N) is 4. The van der Waals surface area contributed by atoms with Gasteiger partial charge in [-0.15, -0.1) is 0 Å². The van der Waals surface area contributed by atoms with Crippen molar-refractivity contribution in [1.29, 1.82) is 0 Å². The smallest absolute Gasteiger partial charge is 0.271 e. The van der Waals surface area contributed by atoms with Crippen molar-refractivity contribution in [2.24, 2.45) is 0 Å². The highest BCUT2D eigenvalue weighted by Gasteiger charge is 2.18. The van der Waals surface area contributed by atoms with Crippen LogP contribution in [-0.2, 0) is 0 Å². The Hall–Kier alpha value is -4.25. The first-order chi connectivity index (χ1) is 15.1. The summed E-state index contributed by atoms with van der Waals surface area (Å²) in [5, 5.41) is 20.9. The Balaban J connectivity index is 1.54. The first-order valence-corrected chi connectivity index (χ1v) is 9.38. The number of anilines is 2. The minimum absolute atomic E-state index is 0.206. The fraction of sp³-hybridized carbons (Fsp3) is 0. The van der Waals surface area contributed by atoms with Crippen molar-refractivity contribution in [3.63, 3.8) is 0 Å². The molecular weight excluding hydrogens is 427 g/mol. The van der Waals surface area contributed by atoms with Gasteiger partial charge in [0.15, 0.2) is 11.6 Å². The average molecular weight is 437 g/mol. The van der Waals surface area contributed by atoms with Crippen LogP contribution in [0.15, 0.2) is 45.8 Å². The largest absolute Gasteiger partial charge is 0.336 e. The molecule has 6 rings (SSSR count). The first-order valence-electron chi connectivity index (χ1n) is 9.00. The molecule has 12 heteroatoms. The molecule has 0 saturated carbocycles. The highest BCUT2D eigenvalue weighted by molar-refractivity contribution is 6.34. The van der Waals surface area contributed by atoms with Gasteiger partial charge in [-0.2, -0.15) is 10.1 Å². The number of nitrogens with zero attached hydrogens (tertiary/aromatic N) is 4. The van der Waals surface area contributed by atoms with E-state index in [0.717, 1.165) is 0 Å². The zero-order valence-electron chi connectivity index (χ0n) is 15.3. The molecule has 0 unspecified atom stereocenters. The van der Waals surface area contributed by atoms with E-state index in [1.807, 2.05) is 0 Å². The van der Waals surface area contributed by atoms with Gasteiger partial charge in [0.1, 0.15) is 17.0 Å². The molecule has 0 bridgehead atoms. The van der Waals surface area contributed by atoms with Crippen LogP contribution in [0.3, 0.4) is 0 Å². The number of hydrogen-bond acceptors (Lipinski definition) is 7. The van der Waals surface area contributed by atoms with Crippen molar-refractivity contribution in [2.45, 2.75) is 0 Å². The monoisotopic (exact) mass is 436 g/mol. The van der Waals surface area contributed by atoms with Gasteiger partial charge >= 0.3 is 0 Å². The van der Waals surface area contributed by atoms with Gasteiger partial charge in [0, 0.05) is 10.9 Å². The summed E-state index contributed by atoms with van der Waals surface area (Å²) in [5.74, 6) is 0.515. The molecule has 0 fully saturated rings. The van der Waals surface area contributed by atoms with Crippen molar-refractivity contribution in [1.82, 2.24) is 35.5 Å². The Kier molecular flexibility index (Phi) is 3.62. The molecule has 4 heterocycles. The lowest BCUT2D eigenvalue weighted by Gasteiger charge is -2.08. The molecule has 4 N–H and O–H groups in total. The molecule has 0 aliphatic carbocycles. The van der Waals surface area contributed by atoms with E-state index in [2.05, 4.69) is 40.8 Å². The number of aromatic nitrogens is 7. The minimum Gasteiger partial charge on any atom is -0.336 e. The van der Waals surface area contributed by atoms with E-state index in [1.165, 1.54) is 18.3 Å². The van der Waals surface area contributed by atoms with Crippen LogP contribution in [0.5, 0.6) is 0 Å². The molecule has 0 spiro atoms. The quantitative estimate of drug-likeness (QED) is 0.330. The standard InChI is InChI=1S/C19H10ClFN8O2/c20-12-5-14-10(18(30)29-27-14)4-8(12)15-23-16(11-6-22-31-19(11)25-15)24-17-9-3-7(21)1-2-13(9)26-28-17/h1-6H,(H2,27,29,30)(H2,23,24,25,26,28). The normalized spacial score (nSPS) is 11.7. The summed E-state index contributed by atoms with van der Waals surface area (Å²) in [6, 6.07) is 7.48. The zero-order chi connectivity index (χ0) is 21.1. The fourth-order valence-electron chi connectivity index (χ4n) is 3.40. The molecule has 0 saturated heterocycles. The number of benzene rings is 2. The van der Waals surface area contributed by atoms with Crippen LogP contribution < -0.4 is 10.9 Å². The van der Waals surface area contributed by atoms with Crippen LogP contribution >= 0.6 is 11.6 Å². The summed E-state index contributed by atoms with van der Waals surface area (Å²) in [5.41, 5.74) is 1.55. The number of fused-ring (bicyclic) bond motifs is 3. The molecule has 0 radical (unpaired) electrons. The Bertz CT molecular complexity index is 1680. The summed E-state index contributed by atoms with van der Waals surface area (Å²) in [4.78, 5) is 21.0. The molecule has 2 aromatic carbocycles. The number of aromatic amines is 3. The number of rotatable bonds is 3. The summed E-state index contributed by atoms with van der Waals surface area (Å²) in [7, 11) is 0. The van der Waals surface area contributed by atoms with Crippen LogP contribution in [0.25, 0.3) is 44.3 Å². The Morgan fingerprint density at radius 1 is 1.00 bits per heavy atom. The van der Waals surface area contributed by atoms with Crippen molar-refractivity contribution < 1.29 is 8.91 Å². The molecule has 0 amide bonds. The highest BCUT2D eigenvalue weighted by atomic mass is 35.5. The highest BCUT2D eigenvalue weighted by Crippen LogP contribution is 2.33. The molecular formula is C19H10ClFN8O2. The summed E-state index contributed by atoms with van der Waals surface area (Å²) in [6.07, 6.45) is 1.46. The lowest BCUT2D eigenvalue weighted by atomic mass is 10.1. The van der Waals surface area contributed by atoms with Gasteiger partial charge in [0.2, 0.25) is 0 Å². The van der Waals surface area contributed by atoms with E-state index < -0.39 is 5.82 Å². The van der Waals surface area contributed by atoms with Gasteiger partial charge in [-0.1, -0.05) is 16.8 Å². The average Bonchev–Trinajstić information content (AvgIpc) is 3.47. The Morgan fingerprint density at radius 2 is 1.90 bits per heavy atom. The van der Waals surface area contributed by atoms with Crippen LogP contribution in [0.2, 0.25) is 5.02 Å². The third-order valence-corrected chi connectivity index (χ3v) is 5.21. The number of H-pyrrole nitrogens is 3. The maximum Gasteiger partial charge on any atom is 0.271 e. The molecule has 0 aliphatic rings. The Labute approximate surface area is 175 Å². The van der Waals surface area contributed by atoms with E-state index in [-0.39, 0.29) is 17.1 Å². The predicted molar refractivity (Wildman–Crippen MR) is 112 cm³/mol. The third kappa shape index (κ3) is 2.74. The van der Waals surface area contributed by atoms with Gasteiger partial charge in [0.25, 0.3) is 11.3 Å². The van der Waals surface area contributed by atoms with Crippen LogP contribution in [0.4, 0.5) is 16.0 Å². The second kappa shape index (κ2) is 6.37. The maximum atomic E-state index is 13.7. The summed E-state index contributed by atoms with van der Waals surface area (Å²) < 4.78 is 19.0. The lowest BCUT2D eigenvalue weighted by Crippen LogP contribution is -2.00. The Morgan fingerprint density at radius 3 is 2.81 bits per heavy atom. The lowest BCUT2D eigenvalue weighted by molar-refractivity contribution is 0.448. The summed E-state index contributed by atoms with van der Waals surface area (Å²) in [6.45, 7) is 0. The van der Waals surface area contributed by atoms with Crippen LogP contribution in [0, 0.1) is 5.82 Å². The van der Waals surface area contributed by atoms with Crippen molar-refractivity contribution in [3.05, 3.63) is 57.7 Å². The third-order valence-electron chi connectivity index (χ3n) is 4.90. The van der Waals surface area contributed by atoms with Gasteiger partial charge < -0.3 is 9.84 Å². The zero-order valence-corrected chi connectivity index (χ0v) is 16.1. The number of hydrogen-bond donors (Lipinski definition) is 4. The number of halogens is 2. The fourth-order valence-corrected chi connectivity index (χ4v) is 3.65. The van der Waals surface area contributed by atoms with E-state index in [9.17, 15) is 9.18 Å². The minimum atomic E-state index is -0.396. The second-order valence-electron chi connectivity index (χ2n) is 6.78. The van der Waals surface area contributed by atoms with Crippen LogP contribution in [0.1, 0.15) is 0 Å². The van der Waals surface area contributed by atoms with Crippen molar-refractivity contribution in [3.8, 4) is 11.4 Å². The maximum absolute atomic E-state index is 13.7. The van der Waals surface area contributed by atoms with E-state index >= 15 is 0 Å². The van der Waals surface area contributed by atoms with E-state index in [0.29, 0.717) is 49.4 Å². The van der Waals surface area contributed by atoms with Gasteiger partial charge in [-0.25, -0.2) is 9.37 Å². The molecule has 0 aliphatic heterocycles. The predicted octanol–water partition coefficient (Wildman–Crippen LogP) is 3.87. The van der Waals surface area contributed by atoms with E-state index in [4.69, 9.17) is 16.1 Å². The van der Waals surface area contributed by atoms with Crippen LogP contribution in [-0.4, -0.2) is 35.5 Å². The van der Waals surface area contributed by atoms with Gasteiger partial charge in [-0.05, 0) is 30.3 Å².